The van der Waals surface area contributed by atoms with Gasteiger partial charge in [0.15, 0.2) is 6.23 Å². The molecule has 1 saturated heterocycles. The number of carbonyl (C=O) groups excluding carboxylic acids is 3. The quantitative estimate of drug-likeness (QED) is 0.156. The van der Waals surface area contributed by atoms with Crippen LogP contribution in [-0.4, -0.2) is 99.1 Å². The smallest absolute Gasteiger partial charge is 0.326 e. The maximum atomic E-state index is 12.3. The van der Waals surface area contributed by atoms with Crippen LogP contribution in [0.3, 0.4) is 0 Å². The Morgan fingerprint density at radius 1 is 1.17 bits per heavy atom. The van der Waals surface area contributed by atoms with Crippen LogP contribution in [0.4, 0.5) is 0 Å². The molecular weight excluding hydrogens is 412 g/mol. The van der Waals surface area contributed by atoms with Crippen molar-refractivity contribution < 1.29 is 44.3 Å². The molecule has 1 heterocycles. The SMILES string of the molecule is CC(=O)N[C@@H]1[C@@H](O)[C@H](O)[C@@H](CO)O[C@H]1NC(=O)C[C@H](NC(=O)[C@@H](N)CS)C(=O)O. The van der Waals surface area contributed by atoms with Crippen LogP contribution in [0, 0.1) is 0 Å². The number of aliphatic carboxylic acids is 1. The van der Waals surface area contributed by atoms with Gasteiger partial charge in [0.05, 0.1) is 19.1 Å². The van der Waals surface area contributed by atoms with Crippen molar-refractivity contribution in [2.24, 2.45) is 5.73 Å². The van der Waals surface area contributed by atoms with Crippen LogP contribution in [0.2, 0.25) is 0 Å². The standard InChI is InChI=1S/C15H26N4O9S/c1-5(21)17-10-12(24)11(23)8(3-20)28-14(10)19-9(22)2-7(15(26)27)18-13(25)6(16)4-29/h6-8,10-12,14,20,23-24,29H,2-4,16H2,1H3,(H,17,21)(H,18,25)(H,19,22)(H,26,27)/t6-,7-,8+,10+,11+,12+,14+/m0/s1. The van der Waals surface area contributed by atoms with Gasteiger partial charge < -0.3 is 46.8 Å². The molecule has 0 saturated carbocycles. The predicted molar refractivity (Wildman–Crippen MR) is 99.5 cm³/mol. The summed E-state index contributed by atoms with van der Waals surface area (Å²) in [5.41, 5.74) is 5.45. The minimum absolute atomic E-state index is 0.0402. The number of carboxylic acid groups (broad SMARTS) is 1. The number of hydrogen-bond donors (Lipinski definition) is 9. The van der Waals surface area contributed by atoms with E-state index in [-0.39, 0.29) is 5.75 Å². The average Bonchev–Trinajstić information content (AvgIpc) is 2.65. The van der Waals surface area contributed by atoms with E-state index in [1.165, 1.54) is 0 Å². The van der Waals surface area contributed by atoms with E-state index in [0.29, 0.717) is 0 Å². The molecule has 0 aromatic rings. The van der Waals surface area contributed by atoms with Crippen LogP contribution in [0.25, 0.3) is 0 Å². The van der Waals surface area contributed by atoms with Gasteiger partial charge in [-0.3, -0.25) is 14.4 Å². The van der Waals surface area contributed by atoms with Crippen molar-refractivity contribution in [3.05, 3.63) is 0 Å². The van der Waals surface area contributed by atoms with Crippen molar-refractivity contribution in [2.75, 3.05) is 12.4 Å². The van der Waals surface area contributed by atoms with Crippen molar-refractivity contribution in [1.29, 1.82) is 0 Å². The number of hydrogen-bond acceptors (Lipinski definition) is 10. The number of amides is 3. The molecule has 0 radical (unpaired) electrons. The highest BCUT2D eigenvalue weighted by Crippen LogP contribution is 2.20. The lowest BCUT2D eigenvalue weighted by atomic mass is 9.95. The highest BCUT2D eigenvalue weighted by Gasteiger charge is 2.45. The van der Waals surface area contributed by atoms with Gasteiger partial charge in [0.2, 0.25) is 17.7 Å². The molecule has 0 bridgehead atoms. The molecule has 0 aromatic heterocycles. The van der Waals surface area contributed by atoms with Gasteiger partial charge in [-0.25, -0.2) is 4.79 Å². The Balaban J connectivity index is 2.87. The van der Waals surface area contributed by atoms with Crippen LogP contribution >= 0.6 is 12.6 Å². The molecule has 1 aliphatic rings. The lowest BCUT2D eigenvalue weighted by Gasteiger charge is -2.42. The number of aliphatic hydroxyl groups is 3. The second-order valence-electron chi connectivity index (χ2n) is 6.45. The minimum atomic E-state index is -1.61. The first-order valence-electron chi connectivity index (χ1n) is 8.60. The first kappa shape index (κ1) is 25.1. The van der Waals surface area contributed by atoms with Crippen molar-refractivity contribution in [2.45, 2.75) is 56.0 Å². The van der Waals surface area contributed by atoms with E-state index in [1.807, 2.05) is 0 Å². The Kier molecular flexibility index (Phi) is 9.75. The largest absolute Gasteiger partial charge is 0.480 e. The van der Waals surface area contributed by atoms with Crippen molar-refractivity contribution in [3.8, 4) is 0 Å². The first-order valence-corrected chi connectivity index (χ1v) is 9.23. The number of carbonyl (C=O) groups is 4. The summed E-state index contributed by atoms with van der Waals surface area (Å²) in [5, 5.41) is 45.2. The molecule has 13 nitrogen and oxygen atoms in total. The maximum Gasteiger partial charge on any atom is 0.326 e. The van der Waals surface area contributed by atoms with Crippen molar-refractivity contribution in [1.82, 2.24) is 16.0 Å². The van der Waals surface area contributed by atoms with E-state index in [0.717, 1.165) is 6.92 Å². The van der Waals surface area contributed by atoms with Crippen LogP contribution in [0.1, 0.15) is 13.3 Å². The molecule has 0 aliphatic carbocycles. The molecule has 7 atom stereocenters. The van der Waals surface area contributed by atoms with Gasteiger partial charge in [-0.15, -0.1) is 0 Å². The van der Waals surface area contributed by atoms with Crippen LogP contribution in [-0.2, 0) is 23.9 Å². The van der Waals surface area contributed by atoms with Gasteiger partial charge >= 0.3 is 5.97 Å². The Labute approximate surface area is 171 Å². The molecule has 1 aliphatic heterocycles. The Morgan fingerprint density at radius 3 is 2.28 bits per heavy atom. The summed E-state index contributed by atoms with van der Waals surface area (Å²) in [6.07, 6.45) is -6.48. The predicted octanol–water partition coefficient (Wildman–Crippen LogP) is -4.74. The first-order chi connectivity index (χ1) is 13.5. The van der Waals surface area contributed by atoms with Gasteiger partial charge in [-0.1, -0.05) is 0 Å². The molecule has 166 valence electrons. The maximum absolute atomic E-state index is 12.3. The number of ether oxygens (including phenoxy) is 1. The lowest BCUT2D eigenvalue weighted by molar-refractivity contribution is -0.203. The molecule has 29 heavy (non-hydrogen) atoms. The third-order valence-corrected chi connectivity index (χ3v) is 4.53. The molecule has 0 spiro atoms. The summed E-state index contributed by atoms with van der Waals surface area (Å²) in [6.45, 7) is 0.448. The van der Waals surface area contributed by atoms with Crippen LogP contribution in [0.15, 0.2) is 0 Å². The molecule has 3 amide bonds. The van der Waals surface area contributed by atoms with E-state index in [2.05, 4.69) is 28.6 Å². The van der Waals surface area contributed by atoms with Crippen molar-refractivity contribution >= 4 is 36.3 Å². The van der Waals surface area contributed by atoms with E-state index in [4.69, 9.17) is 10.5 Å². The van der Waals surface area contributed by atoms with Gasteiger partial charge in [-0.2, -0.15) is 12.6 Å². The minimum Gasteiger partial charge on any atom is -0.480 e. The van der Waals surface area contributed by atoms with Gasteiger partial charge in [0, 0.05) is 12.7 Å². The second-order valence-corrected chi connectivity index (χ2v) is 6.81. The van der Waals surface area contributed by atoms with E-state index in [9.17, 15) is 39.6 Å². The summed E-state index contributed by atoms with van der Waals surface area (Å²) in [4.78, 5) is 46.7. The van der Waals surface area contributed by atoms with Crippen LogP contribution in [0.5, 0.6) is 0 Å². The number of nitrogens with two attached hydrogens (primary N) is 1. The highest BCUT2D eigenvalue weighted by molar-refractivity contribution is 7.80. The molecule has 0 aromatic carbocycles. The highest BCUT2D eigenvalue weighted by atomic mass is 32.1. The summed E-state index contributed by atoms with van der Waals surface area (Å²) in [7, 11) is 0. The van der Waals surface area contributed by atoms with E-state index in [1.54, 1.807) is 0 Å². The van der Waals surface area contributed by atoms with Gasteiger partial charge in [0.25, 0.3) is 0 Å². The molecular formula is C15H26N4O9S. The molecule has 0 unspecified atom stereocenters. The Hall–Kier alpha value is -1.97. The van der Waals surface area contributed by atoms with E-state index < -0.39 is 79.4 Å². The third kappa shape index (κ3) is 7.09. The topological polar surface area (TPSA) is 221 Å². The Bertz CT molecular complexity index is 623. The zero-order chi connectivity index (χ0) is 22.3. The fourth-order valence-corrected chi connectivity index (χ4v) is 2.77. The van der Waals surface area contributed by atoms with Crippen LogP contribution < -0.4 is 21.7 Å². The number of rotatable bonds is 9. The van der Waals surface area contributed by atoms with E-state index >= 15 is 0 Å². The summed E-state index contributed by atoms with van der Waals surface area (Å²) < 4.78 is 5.31. The number of nitrogens with one attached hydrogen (secondary N) is 3. The monoisotopic (exact) mass is 438 g/mol. The molecule has 1 rings (SSSR count). The lowest BCUT2D eigenvalue weighted by Crippen LogP contribution is -2.68. The zero-order valence-corrected chi connectivity index (χ0v) is 16.4. The normalized spacial score (nSPS) is 28.7. The number of carboxylic acids is 1. The third-order valence-electron chi connectivity index (χ3n) is 4.14. The average molecular weight is 438 g/mol. The van der Waals surface area contributed by atoms with Gasteiger partial charge in [0.1, 0.15) is 30.4 Å². The fraction of sp³-hybridized carbons (Fsp3) is 0.733. The molecule has 9 N–H and O–H groups in total. The Morgan fingerprint density at radius 2 is 1.79 bits per heavy atom. The second kappa shape index (κ2) is 11.3. The van der Waals surface area contributed by atoms with Crippen molar-refractivity contribution in [3.63, 3.8) is 0 Å². The number of aliphatic hydroxyl groups excluding tert-OH is 3. The fourth-order valence-electron chi connectivity index (χ4n) is 2.60. The number of thiol groups is 1. The zero-order valence-electron chi connectivity index (χ0n) is 15.5. The summed E-state index contributed by atoms with van der Waals surface area (Å²) in [6, 6.07) is -3.96. The van der Waals surface area contributed by atoms with Gasteiger partial charge in [-0.05, 0) is 0 Å². The summed E-state index contributed by atoms with van der Waals surface area (Å²) >= 11 is 3.83. The summed E-state index contributed by atoms with van der Waals surface area (Å²) in [5.74, 6) is -3.85. The molecule has 14 heteroatoms. The molecule has 1 fully saturated rings.